The highest BCUT2D eigenvalue weighted by atomic mass is 16.2. The van der Waals surface area contributed by atoms with Crippen molar-refractivity contribution in [3.63, 3.8) is 0 Å². The number of hydrogen-bond donors (Lipinski definition) is 0. The molecule has 1 saturated heterocycles. The summed E-state index contributed by atoms with van der Waals surface area (Å²) in [4.78, 5) is 44.5. The van der Waals surface area contributed by atoms with E-state index in [4.69, 9.17) is 0 Å². The molecule has 2 aliphatic heterocycles. The van der Waals surface area contributed by atoms with E-state index in [1.165, 1.54) is 16.7 Å². The summed E-state index contributed by atoms with van der Waals surface area (Å²) in [5.41, 5.74) is -0.0912. The number of benzene rings is 2. The lowest BCUT2D eigenvalue weighted by Crippen LogP contribution is -2.51. The SMILES string of the molecule is CC(=O)N1CC(=O)N2C1=NC(=O)C2(c1ccccc1)c1ccccc1. The third kappa shape index (κ3) is 1.97. The maximum Gasteiger partial charge on any atom is 0.284 e. The fraction of sp³-hybridized carbons (Fsp3) is 0.158. The Morgan fingerprint density at radius 1 is 0.960 bits per heavy atom. The van der Waals surface area contributed by atoms with Crippen molar-refractivity contribution in [3.8, 4) is 0 Å². The van der Waals surface area contributed by atoms with E-state index in [0.29, 0.717) is 11.1 Å². The number of carbonyl (C=O) groups excluding carboxylic acids is 3. The van der Waals surface area contributed by atoms with Gasteiger partial charge in [-0.3, -0.25) is 24.2 Å². The molecule has 2 aliphatic rings. The summed E-state index contributed by atoms with van der Waals surface area (Å²) in [7, 11) is 0. The minimum Gasteiger partial charge on any atom is -0.275 e. The van der Waals surface area contributed by atoms with Gasteiger partial charge in [0.05, 0.1) is 0 Å². The van der Waals surface area contributed by atoms with Crippen molar-refractivity contribution in [2.24, 2.45) is 4.99 Å². The number of carbonyl (C=O) groups is 3. The first-order valence-electron chi connectivity index (χ1n) is 7.92. The van der Waals surface area contributed by atoms with Crippen LogP contribution in [0.1, 0.15) is 18.1 Å². The zero-order valence-electron chi connectivity index (χ0n) is 13.5. The second-order valence-electron chi connectivity index (χ2n) is 5.99. The Morgan fingerprint density at radius 2 is 1.48 bits per heavy atom. The van der Waals surface area contributed by atoms with Gasteiger partial charge in [0.25, 0.3) is 11.8 Å². The summed E-state index contributed by atoms with van der Waals surface area (Å²) in [5.74, 6) is -1.01. The molecule has 0 aliphatic carbocycles. The first-order valence-corrected chi connectivity index (χ1v) is 7.92. The molecule has 4 rings (SSSR count). The lowest BCUT2D eigenvalue weighted by Gasteiger charge is -2.34. The van der Waals surface area contributed by atoms with Crippen LogP contribution in [-0.4, -0.2) is 40.0 Å². The van der Waals surface area contributed by atoms with Crippen molar-refractivity contribution in [2.45, 2.75) is 12.5 Å². The van der Waals surface area contributed by atoms with Gasteiger partial charge in [-0.05, 0) is 11.1 Å². The van der Waals surface area contributed by atoms with E-state index in [9.17, 15) is 14.4 Å². The predicted molar refractivity (Wildman–Crippen MR) is 90.3 cm³/mol. The lowest BCUT2D eigenvalue weighted by molar-refractivity contribution is -0.136. The minimum absolute atomic E-state index is 0.107. The van der Waals surface area contributed by atoms with Crippen molar-refractivity contribution in [2.75, 3.05) is 6.54 Å². The fourth-order valence-corrected chi connectivity index (χ4v) is 3.51. The normalized spacial score (nSPS) is 18.4. The van der Waals surface area contributed by atoms with Gasteiger partial charge in [0.1, 0.15) is 6.54 Å². The molecule has 0 aromatic heterocycles. The Bertz CT molecular complexity index is 867. The van der Waals surface area contributed by atoms with Crippen molar-refractivity contribution < 1.29 is 14.4 Å². The van der Waals surface area contributed by atoms with Crippen LogP contribution < -0.4 is 0 Å². The van der Waals surface area contributed by atoms with Crippen LogP contribution in [0.15, 0.2) is 65.7 Å². The van der Waals surface area contributed by atoms with Crippen LogP contribution in [-0.2, 0) is 19.9 Å². The topological polar surface area (TPSA) is 70.1 Å². The van der Waals surface area contributed by atoms with Crippen LogP contribution in [0, 0.1) is 0 Å². The number of hydrogen-bond acceptors (Lipinski definition) is 3. The largest absolute Gasteiger partial charge is 0.284 e. The zero-order valence-corrected chi connectivity index (χ0v) is 13.5. The number of nitrogens with zero attached hydrogens (tertiary/aromatic N) is 3. The Hall–Kier alpha value is -3.28. The van der Waals surface area contributed by atoms with Crippen LogP contribution in [0.2, 0.25) is 0 Å². The fourth-order valence-electron chi connectivity index (χ4n) is 3.51. The molecule has 0 N–H and O–H groups in total. The monoisotopic (exact) mass is 333 g/mol. The average Bonchev–Trinajstić information content (AvgIpc) is 3.11. The summed E-state index contributed by atoms with van der Waals surface area (Å²) in [6, 6.07) is 18.1. The van der Waals surface area contributed by atoms with E-state index in [1.54, 1.807) is 24.3 Å². The molecular formula is C19H15N3O3. The van der Waals surface area contributed by atoms with Gasteiger partial charge in [-0.15, -0.1) is 0 Å². The lowest BCUT2D eigenvalue weighted by atomic mass is 9.81. The maximum absolute atomic E-state index is 13.1. The number of amides is 3. The highest BCUT2D eigenvalue weighted by molar-refractivity contribution is 6.22. The smallest absolute Gasteiger partial charge is 0.275 e. The summed E-state index contributed by atoms with van der Waals surface area (Å²) >= 11 is 0. The number of rotatable bonds is 2. The van der Waals surface area contributed by atoms with Gasteiger partial charge in [0, 0.05) is 6.92 Å². The highest BCUT2D eigenvalue weighted by Crippen LogP contribution is 2.43. The molecule has 0 atom stereocenters. The minimum atomic E-state index is -1.38. The molecule has 2 aromatic rings. The Balaban J connectivity index is 1.99. The van der Waals surface area contributed by atoms with E-state index in [0.717, 1.165) is 0 Å². The molecule has 6 heteroatoms. The van der Waals surface area contributed by atoms with E-state index in [2.05, 4.69) is 4.99 Å². The van der Waals surface area contributed by atoms with E-state index < -0.39 is 11.4 Å². The van der Waals surface area contributed by atoms with Crippen LogP contribution >= 0.6 is 0 Å². The number of fused-ring (bicyclic) bond motifs is 1. The van der Waals surface area contributed by atoms with Crippen LogP contribution in [0.5, 0.6) is 0 Å². The molecule has 0 unspecified atom stereocenters. The Morgan fingerprint density at radius 3 is 1.96 bits per heavy atom. The van der Waals surface area contributed by atoms with Crippen molar-refractivity contribution in [1.82, 2.24) is 9.80 Å². The maximum atomic E-state index is 13.1. The summed E-state index contributed by atoms with van der Waals surface area (Å²) in [6.45, 7) is 1.25. The number of aliphatic imine (C=N–C) groups is 1. The summed E-state index contributed by atoms with van der Waals surface area (Å²) in [6.07, 6.45) is 0. The second kappa shape index (κ2) is 5.37. The van der Waals surface area contributed by atoms with E-state index in [-0.39, 0.29) is 24.3 Å². The van der Waals surface area contributed by atoms with Crippen molar-refractivity contribution in [3.05, 3.63) is 71.8 Å². The zero-order chi connectivity index (χ0) is 17.6. The number of guanidine groups is 1. The van der Waals surface area contributed by atoms with Crippen LogP contribution in [0.25, 0.3) is 0 Å². The standard InChI is InChI=1S/C19H15N3O3/c1-13(23)21-12-16(24)22-18(21)20-17(25)19(22,14-8-4-2-5-9-14)15-10-6-3-7-11-15/h2-11H,12H2,1H3. The molecule has 25 heavy (non-hydrogen) atoms. The van der Waals surface area contributed by atoms with Crippen molar-refractivity contribution >= 4 is 23.7 Å². The molecular weight excluding hydrogens is 318 g/mol. The average molecular weight is 333 g/mol. The van der Waals surface area contributed by atoms with Gasteiger partial charge in [0.15, 0.2) is 5.54 Å². The van der Waals surface area contributed by atoms with Crippen LogP contribution in [0.3, 0.4) is 0 Å². The van der Waals surface area contributed by atoms with Crippen molar-refractivity contribution in [1.29, 1.82) is 0 Å². The van der Waals surface area contributed by atoms with E-state index >= 15 is 0 Å². The van der Waals surface area contributed by atoms with Gasteiger partial charge in [-0.25, -0.2) is 0 Å². The molecule has 2 aromatic carbocycles. The molecule has 0 bridgehead atoms. The molecule has 0 saturated carbocycles. The molecule has 0 spiro atoms. The third-order valence-electron chi connectivity index (χ3n) is 4.59. The van der Waals surface area contributed by atoms with Crippen LogP contribution in [0.4, 0.5) is 0 Å². The van der Waals surface area contributed by atoms with Gasteiger partial charge in [-0.2, -0.15) is 4.99 Å². The molecule has 2 heterocycles. The molecule has 1 fully saturated rings. The van der Waals surface area contributed by atoms with Gasteiger partial charge in [-0.1, -0.05) is 60.7 Å². The second-order valence-corrected chi connectivity index (χ2v) is 5.99. The third-order valence-corrected chi connectivity index (χ3v) is 4.59. The molecule has 124 valence electrons. The summed E-state index contributed by atoms with van der Waals surface area (Å²) in [5, 5.41) is 0. The van der Waals surface area contributed by atoms with Gasteiger partial charge >= 0.3 is 0 Å². The first kappa shape index (κ1) is 15.3. The molecule has 3 amide bonds. The first-order chi connectivity index (χ1) is 12.1. The Labute approximate surface area is 144 Å². The predicted octanol–water partition coefficient (Wildman–Crippen LogP) is 1.52. The summed E-state index contributed by atoms with van der Waals surface area (Å²) < 4.78 is 0. The van der Waals surface area contributed by atoms with Gasteiger partial charge in [0.2, 0.25) is 11.9 Å². The van der Waals surface area contributed by atoms with E-state index in [1.807, 2.05) is 36.4 Å². The van der Waals surface area contributed by atoms with Gasteiger partial charge < -0.3 is 0 Å². The highest BCUT2D eigenvalue weighted by Gasteiger charge is 2.60. The quantitative estimate of drug-likeness (QED) is 0.836. The Kier molecular flexibility index (Phi) is 3.28. The molecule has 0 radical (unpaired) electrons. The molecule has 6 nitrogen and oxygen atoms in total.